The molecule has 1 aliphatic heterocycles. The molecule has 1 saturated heterocycles. The molecule has 3 aliphatic rings. The lowest BCUT2D eigenvalue weighted by Gasteiger charge is -2.35. The van der Waals surface area contributed by atoms with Gasteiger partial charge in [-0.15, -0.1) is 0 Å². The van der Waals surface area contributed by atoms with Gasteiger partial charge in [0.1, 0.15) is 5.75 Å². The van der Waals surface area contributed by atoms with Crippen molar-refractivity contribution in [1.29, 1.82) is 0 Å². The number of carbonyl (C=O) groups is 2. The minimum absolute atomic E-state index is 0.0204. The number of aromatic nitrogens is 2. The molecule has 3 aromatic rings. The van der Waals surface area contributed by atoms with Crippen molar-refractivity contribution in [3.63, 3.8) is 0 Å². The van der Waals surface area contributed by atoms with E-state index in [1.54, 1.807) is 7.11 Å². The van der Waals surface area contributed by atoms with Crippen LogP contribution in [0.2, 0.25) is 0 Å². The van der Waals surface area contributed by atoms with Crippen LogP contribution in [0.25, 0.3) is 11.1 Å². The lowest BCUT2D eigenvalue weighted by Crippen LogP contribution is -2.41. The first-order valence-corrected chi connectivity index (χ1v) is 18.4. The fourth-order valence-electron chi connectivity index (χ4n) is 8.01. The molecule has 8 heteroatoms. The molecule has 2 heterocycles. The fraction of sp³-hybridized carbons (Fsp3) is 0.575. The van der Waals surface area contributed by atoms with Crippen LogP contribution in [-0.4, -0.2) is 55.0 Å². The van der Waals surface area contributed by atoms with Crippen molar-refractivity contribution in [3.8, 4) is 16.9 Å². The van der Waals surface area contributed by atoms with Crippen LogP contribution in [0.1, 0.15) is 101 Å². The van der Waals surface area contributed by atoms with Crippen molar-refractivity contribution >= 4 is 17.5 Å². The summed E-state index contributed by atoms with van der Waals surface area (Å²) < 4.78 is 12.8. The highest BCUT2D eigenvalue weighted by molar-refractivity contribution is 5.95. The minimum atomic E-state index is 0.0204. The van der Waals surface area contributed by atoms with Gasteiger partial charge in [-0.3, -0.25) is 14.3 Å². The van der Waals surface area contributed by atoms with Crippen molar-refractivity contribution < 1.29 is 19.1 Å². The second-order valence-corrected chi connectivity index (χ2v) is 14.5. The molecule has 6 rings (SSSR count). The predicted octanol–water partition coefficient (Wildman–Crippen LogP) is 7.86. The molecule has 2 saturated carbocycles. The molecule has 8 nitrogen and oxygen atoms in total. The van der Waals surface area contributed by atoms with Crippen molar-refractivity contribution in [2.24, 2.45) is 17.8 Å². The van der Waals surface area contributed by atoms with E-state index in [0.717, 1.165) is 93.3 Å². The van der Waals surface area contributed by atoms with Crippen molar-refractivity contribution in [3.05, 3.63) is 66.0 Å². The third kappa shape index (κ3) is 8.31. The maximum Gasteiger partial charge on any atom is 0.230 e. The zero-order valence-electron chi connectivity index (χ0n) is 29.2. The Morgan fingerprint density at radius 1 is 0.958 bits per heavy atom. The Hall–Kier alpha value is -3.65. The van der Waals surface area contributed by atoms with Crippen molar-refractivity contribution in [2.45, 2.75) is 96.4 Å². The van der Waals surface area contributed by atoms with Crippen LogP contribution in [0.4, 0.5) is 5.69 Å². The van der Waals surface area contributed by atoms with Gasteiger partial charge < -0.3 is 19.7 Å². The molecule has 1 N–H and O–H groups in total. The number of aryl methyl sites for hydroxylation is 1. The van der Waals surface area contributed by atoms with E-state index >= 15 is 0 Å². The summed E-state index contributed by atoms with van der Waals surface area (Å²) in [5, 5.41) is 7.78. The van der Waals surface area contributed by atoms with Crippen LogP contribution in [-0.2, 0) is 14.3 Å². The zero-order valence-corrected chi connectivity index (χ0v) is 29.2. The molecule has 2 aromatic carbocycles. The van der Waals surface area contributed by atoms with E-state index < -0.39 is 0 Å². The number of nitrogens with one attached hydrogen (secondary N) is 1. The molecular formula is C40H54N4O4. The number of ether oxygens (including phenoxy) is 2. The smallest absolute Gasteiger partial charge is 0.230 e. The van der Waals surface area contributed by atoms with E-state index in [0.29, 0.717) is 37.5 Å². The van der Waals surface area contributed by atoms with Crippen LogP contribution in [0.3, 0.4) is 0 Å². The second-order valence-electron chi connectivity index (χ2n) is 14.5. The molecule has 0 spiro atoms. The number of benzene rings is 2. The van der Waals surface area contributed by atoms with Crippen LogP contribution in [0.5, 0.6) is 5.75 Å². The normalized spacial score (nSPS) is 21.4. The summed E-state index contributed by atoms with van der Waals surface area (Å²) in [5.74, 6) is 2.54. The molecule has 3 fully saturated rings. The molecule has 2 amide bonds. The largest absolute Gasteiger partial charge is 0.496 e. The van der Waals surface area contributed by atoms with Gasteiger partial charge in [0.25, 0.3) is 0 Å². The van der Waals surface area contributed by atoms with Crippen LogP contribution < -0.4 is 15.0 Å². The molecule has 48 heavy (non-hydrogen) atoms. The quantitative estimate of drug-likeness (QED) is 0.228. The number of nitrogens with zero attached hydrogens (tertiary/aromatic N) is 3. The first kappa shape index (κ1) is 34.2. The molecule has 1 aromatic heterocycles. The van der Waals surface area contributed by atoms with Crippen LogP contribution in [0.15, 0.2) is 54.9 Å². The third-order valence-electron chi connectivity index (χ3n) is 11.1. The van der Waals surface area contributed by atoms with Gasteiger partial charge >= 0.3 is 0 Å². The van der Waals surface area contributed by atoms with Crippen LogP contribution in [0, 0.1) is 24.7 Å². The Morgan fingerprint density at radius 2 is 1.73 bits per heavy atom. The summed E-state index contributed by atoms with van der Waals surface area (Å²) in [5.41, 5.74) is 5.65. The second kappa shape index (κ2) is 16.2. The number of rotatable bonds is 11. The average Bonchev–Trinajstić information content (AvgIpc) is 3.64. The molecule has 0 radical (unpaired) electrons. The SMILES string of the molecule is COc1ccc(C2CCC(CN(C(=O)C3CCCCC3)c3cccc(-c4cnn(C(C)CNC(=O)C5CCOCC5)c4)c3)CC2)cc1C. The Labute approximate surface area is 286 Å². The predicted molar refractivity (Wildman–Crippen MR) is 190 cm³/mol. The standard InChI is InChI=1S/C40H54N4O4/c1-28-22-35(16-17-38(28)47-3)31-14-12-30(13-15-31)26-43(40(46)33-8-5-4-6-9-33)37-11-7-10-34(23-37)36-25-42-44(27-36)29(2)24-41-39(45)32-18-20-48-21-19-32/h7,10-11,16-17,22-23,25,27,29-33H,4-6,8-9,12-15,18-21,24,26H2,1-3H3,(H,41,45). The summed E-state index contributed by atoms with van der Waals surface area (Å²) >= 11 is 0. The summed E-state index contributed by atoms with van der Waals surface area (Å²) in [6, 6.07) is 15.1. The van der Waals surface area contributed by atoms with Gasteiger partial charge in [-0.05, 0) is 112 Å². The third-order valence-corrected chi connectivity index (χ3v) is 11.1. The highest BCUT2D eigenvalue weighted by Crippen LogP contribution is 2.39. The Bertz CT molecular complexity index is 1510. The highest BCUT2D eigenvalue weighted by Gasteiger charge is 2.31. The summed E-state index contributed by atoms with van der Waals surface area (Å²) in [6.45, 7) is 6.82. The molecule has 2 aliphatic carbocycles. The lowest BCUT2D eigenvalue weighted by atomic mass is 9.78. The van der Waals surface area contributed by atoms with Crippen molar-refractivity contribution in [2.75, 3.05) is 38.3 Å². The van der Waals surface area contributed by atoms with E-state index in [-0.39, 0.29) is 23.8 Å². The van der Waals surface area contributed by atoms with Gasteiger partial charge in [0.05, 0.1) is 19.3 Å². The first-order chi connectivity index (χ1) is 23.4. The Kier molecular flexibility index (Phi) is 11.5. The molecule has 1 unspecified atom stereocenters. The van der Waals surface area contributed by atoms with E-state index in [1.807, 2.05) is 10.9 Å². The van der Waals surface area contributed by atoms with Gasteiger partial charge in [0, 0.05) is 55.6 Å². The first-order valence-electron chi connectivity index (χ1n) is 18.4. The minimum Gasteiger partial charge on any atom is -0.496 e. The fourth-order valence-corrected chi connectivity index (χ4v) is 8.01. The number of anilines is 1. The highest BCUT2D eigenvalue weighted by atomic mass is 16.5. The monoisotopic (exact) mass is 654 g/mol. The zero-order chi connectivity index (χ0) is 33.5. The summed E-state index contributed by atoms with van der Waals surface area (Å²) in [4.78, 5) is 29.0. The Balaban J connectivity index is 1.13. The van der Waals surface area contributed by atoms with Gasteiger partial charge in [-0.25, -0.2) is 0 Å². The van der Waals surface area contributed by atoms with Crippen molar-refractivity contribution in [1.82, 2.24) is 15.1 Å². The number of hydrogen-bond acceptors (Lipinski definition) is 5. The van der Waals surface area contributed by atoms with Gasteiger partial charge in [-0.1, -0.05) is 43.5 Å². The van der Waals surface area contributed by atoms with Gasteiger partial charge in [-0.2, -0.15) is 5.10 Å². The topological polar surface area (TPSA) is 85.7 Å². The molecular weight excluding hydrogens is 600 g/mol. The van der Waals surface area contributed by atoms with E-state index in [1.165, 1.54) is 17.5 Å². The van der Waals surface area contributed by atoms with Crippen LogP contribution >= 0.6 is 0 Å². The summed E-state index contributed by atoms with van der Waals surface area (Å²) in [6.07, 6.45) is 15.6. The Morgan fingerprint density at radius 3 is 2.46 bits per heavy atom. The summed E-state index contributed by atoms with van der Waals surface area (Å²) in [7, 11) is 1.73. The maximum atomic E-state index is 14.2. The lowest BCUT2D eigenvalue weighted by molar-refractivity contribution is -0.128. The van der Waals surface area contributed by atoms with Gasteiger partial charge in [0.2, 0.25) is 11.8 Å². The number of amides is 2. The van der Waals surface area contributed by atoms with E-state index in [9.17, 15) is 9.59 Å². The van der Waals surface area contributed by atoms with E-state index in [2.05, 4.69) is 77.8 Å². The van der Waals surface area contributed by atoms with Gasteiger partial charge in [0.15, 0.2) is 0 Å². The van der Waals surface area contributed by atoms with E-state index in [4.69, 9.17) is 9.47 Å². The molecule has 1 atom stereocenters. The average molecular weight is 655 g/mol. The molecule has 0 bridgehead atoms. The number of methoxy groups -OCH3 is 1. The molecule has 258 valence electrons. The number of hydrogen-bond donors (Lipinski definition) is 1. The number of carbonyl (C=O) groups excluding carboxylic acids is 2. The maximum absolute atomic E-state index is 14.2.